The van der Waals surface area contributed by atoms with E-state index in [4.69, 9.17) is 0 Å². The summed E-state index contributed by atoms with van der Waals surface area (Å²) in [6.07, 6.45) is 2.42. The number of hydrogen-bond donors (Lipinski definition) is 1. The minimum absolute atomic E-state index is 0. The molecule has 0 radical (unpaired) electrons. The van der Waals surface area contributed by atoms with E-state index in [9.17, 15) is 4.79 Å². The Morgan fingerprint density at radius 3 is 2.74 bits per heavy atom. The number of aromatic nitrogens is 1. The maximum atomic E-state index is 12.5. The number of urea groups is 1. The smallest absolute Gasteiger partial charge is 0.323 e. The summed E-state index contributed by atoms with van der Waals surface area (Å²) in [5.74, 6) is 0.649. The van der Waals surface area contributed by atoms with Crippen LogP contribution in [0.3, 0.4) is 0 Å². The van der Waals surface area contributed by atoms with E-state index < -0.39 is 0 Å². The fraction of sp³-hybridized carbons (Fsp3) is 0.500. The number of anilines is 1. The molecule has 0 aliphatic carbocycles. The molecule has 0 saturated carbocycles. The van der Waals surface area contributed by atoms with Crippen molar-refractivity contribution in [3.63, 3.8) is 0 Å². The van der Waals surface area contributed by atoms with Crippen LogP contribution in [-0.2, 0) is 0 Å². The van der Waals surface area contributed by atoms with Gasteiger partial charge in [0.1, 0.15) is 0 Å². The lowest BCUT2D eigenvalue weighted by atomic mass is 9.83. The molecule has 0 spiro atoms. The Labute approximate surface area is 146 Å². The zero-order valence-electron chi connectivity index (χ0n) is 13.1. The second kappa shape index (κ2) is 6.63. The van der Waals surface area contributed by atoms with Gasteiger partial charge in [-0.2, -0.15) is 0 Å². The standard InChI is InChI=1S/C16H20N4OS.ClH/c1-19(13-10-20-8-6-11(13)7-9-20)16(21)18-15-17-12-4-2-3-5-14(12)22-15;/h2-5,11,13H,6-10H2,1H3,(H,17,18,21);1H/t13-;/m0./s1. The molecule has 1 aromatic heterocycles. The maximum absolute atomic E-state index is 12.5. The molecule has 5 nitrogen and oxygen atoms in total. The SMILES string of the molecule is CN(C(=O)Nc1nc2ccccc2s1)[C@H]1CN2CCC1CC2.Cl. The van der Waals surface area contributed by atoms with E-state index in [0.29, 0.717) is 17.1 Å². The lowest BCUT2D eigenvalue weighted by Gasteiger charge is -2.47. The third-order valence-electron chi connectivity index (χ3n) is 4.95. The molecule has 2 aromatic rings. The Kier molecular flexibility index (Phi) is 4.75. The molecule has 1 aromatic carbocycles. The molecule has 1 N–H and O–H groups in total. The second-order valence-corrected chi connectivity index (χ2v) is 7.26. The van der Waals surface area contributed by atoms with Gasteiger partial charge in [0.05, 0.1) is 10.2 Å². The quantitative estimate of drug-likeness (QED) is 0.902. The topological polar surface area (TPSA) is 48.5 Å². The fourth-order valence-corrected chi connectivity index (χ4v) is 4.48. The summed E-state index contributed by atoms with van der Waals surface area (Å²) in [6, 6.07) is 8.24. The molecule has 3 aliphatic heterocycles. The minimum atomic E-state index is -0.0437. The molecule has 2 amide bonds. The number of nitrogens with one attached hydrogen (secondary N) is 1. The molecule has 3 saturated heterocycles. The van der Waals surface area contributed by atoms with Crippen molar-refractivity contribution in [1.82, 2.24) is 14.8 Å². The normalized spacial score (nSPS) is 25.9. The number of piperidine rings is 3. The van der Waals surface area contributed by atoms with E-state index in [1.807, 2.05) is 36.2 Å². The van der Waals surface area contributed by atoms with Crippen molar-refractivity contribution in [3.05, 3.63) is 24.3 Å². The van der Waals surface area contributed by atoms with Gasteiger partial charge in [0.2, 0.25) is 0 Å². The Morgan fingerprint density at radius 2 is 2.09 bits per heavy atom. The van der Waals surface area contributed by atoms with Crippen LogP contribution in [0, 0.1) is 5.92 Å². The Balaban J connectivity index is 0.00000156. The zero-order valence-corrected chi connectivity index (χ0v) is 14.7. The van der Waals surface area contributed by atoms with Gasteiger partial charge in [0, 0.05) is 19.6 Å². The number of carbonyl (C=O) groups excluding carboxylic acids is 1. The number of benzene rings is 1. The fourth-order valence-electron chi connectivity index (χ4n) is 3.63. The van der Waals surface area contributed by atoms with E-state index in [2.05, 4.69) is 15.2 Å². The zero-order chi connectivity index (χ0) is 15.1. The first kappa shape index (κ1) is 16.5. The van der Waals surface area contributed by atoms with Crippen molar-refractivity contribution in [2.45, 2.75) is 18.9 Å². The summed E-state index contributed by atoms with van der Waals surface area (Å²) in [5.41, 5.74) is 0.938. The van der Waals surface area contributed by atoms with Gasteiger partial charge in [-0.15, -0.1) is 12.4 Å². The average Bonchev–Trinajstić information content (AvgIpc) is 2.97. The van der Waals surface area contributed by atoms with Gasteiger partial charge < -0.3 is 9.80 Å². The van der Waals surface area contributed by atoms with Crippen LogP contribution in [0.4, 0.5) is 9.93 Å². The van der Waals surface area contributed by atoms with Gasteiger partial charge in [0.25, 0.3) is 0 Å². The van der Waals surface area contributed by atoms with Crippen LogP contribution in [0.5, 0.6) is 0 Å². The number of para-hydroxylation sites is 1. The van der Waals surface area contributed by atoms with Crippen LogP contribution < -0.4 is 5.32 Å². The van der Waals surface area contributed by atoms with E-state index in [0.717, 1.165) is 16.8 Å². The van der Waals surface area contributed by atoms with Crippen LogP contribution in [0.25, 0.3) is 10.2 Å². The number of amides is 2. The van der Waals surface area contributed by atoms with E-state index in [-0.39, 0.29) is 18.4 Å². The molecule has 7 heteroatoms. The molecule has 0 unspecified atom stereocenters. The molecule has 124 valence electrons. The number of thiazole rings is 1. The van der Waals surface area contributed by atoms with E-state index in [1.54, 1.807) is 0 Å². The van der Waals surface area contributed by atoms with Gasteiger partial charge in [-0.25, -0.2) is 9.78 Å². The Bertz CT molecular complexity index is 665. The predicted octanol–water partition coefficient (Wildman–Crippen LogP) is 3.28. The predicted molar refractivity (Wildman–Crippen MR) is 96.6 cm³/mol. The first-order valence-electron chi connectivity index (χ1n) is 7.82. The van der Waals surface area contributed by atoms with Crippen LogP contribution in [-0.4, -0.2) is 53.5 Å². The van der Waals surface area contributed by atoms with Crippen molar-refractivity contribution in [3.8, 4) is 0 Å². The molecule has 3 aliphatic rings. The van der Waals surface area contributed by atoms with Gasteiger partial charge in [-0.05, 0) is 44.0 Å². The number of rotatable bonds is 2. The summed E-state index contributed by atoms with van der Waals surface area (Å²) in [4.78, 5) is 21.3. The summed E-state index contributed by atoms with van der Waals surface area (Å²) >= 11 is 1.52. The first-order valence-corrected chi connectivity index (χ1v) is 8.64. The van der Waals surface area contributed by atoms with Crippen LogP contribution in [0.15, 0.2) is 24.3 Å². The highest BCUT2D eigenvalue weighted by Crippen LogP contribution is 2.31. The lowest BCUT2D eigenvalue weighted by molar-refractivity contribution is 0.0336. The molecular weight excluding hydrogens is 332 g/mol. The van der Waals surface area contributed by atoms with Crippen molar-refractivity contribution in [2.75, 3.05) is 32.0 Å². The molecule has 4 heterocycles. The van der Waals surface area contributed by atoms with Gasteiger partial charge in [-0.3, -0.25) is 5.32 Å². The first-order chi connectivity index (χ1) is 10.7. The minimum Gasteiger partial charge on any atom is -0.323 e. The van der Waals surface area contributed by atoms with Crippen molar-refractivity contribution in [2.24, 2.45) is 5.92 Å². The number of nitrogens with zero attached hydrogens (tertiary/aromatic N) is 3. The van der Waals surface area contributed by atoms with Crippen molar-refractivity contribution in [1.29, 1.82) is 0 Å². The van der Waals surface area contributed by atoms with E-state index >= 15 is 0 Å². The summed E-state index contributed by atoms with van der Waals surface area (Å²) < 4.78 is 1.10. The molecular formula is C16H21ClN4OS. The number of likely N-dealkylation sites (N-methyl/N-ethyl adjacent to an activating group) is 1. The third kappa shape index (κ3) is 3.16. The van der Waals surface area contributed by atoms with Crippen LogP contribution >= 0.6 is 23.7 Å². The van der Waals surface area contributed by atoms with Crippen molar-refractivity contribution >= 4 is 45.1 Å². The summed E-state index contributed by atoms with van der Waals surface area (Å²) in [6.45, 7) is 3.39. The summed E-state index contributed by atoms with van der Waals surface area (Å²) in [7, 11) is 1.91. The highest BCUT2D eigenvalue weighted by molar-refractivity contribution is 7.22. The second-order valence-electron chi connectivity index (χ2n) is 6.23. The molecule has 1 atom stereocenters. The highest BCUT2D eigenvalue weighted by Gasteiger charge is 2.37. The Morgan fingerprint density at radius 1 is 1.35 bits per heavy atom. The molecule has 5 rings (SSSR count). The number of carbonyl (C=O) groups is 1. The number of fused-ring (bicyclic) bond motifs is 4. The van der Waals surface area contributed by atoms with Gasteiger partial charge >= 0.3 is 6.03 Å². The molecule has 3 fully saturated rings. The largest absolute Gasteiger partial charge is 0.323 e. The monoisotopic (exact) mass is 352 g/mol. The number of hydrogen-bond acceptors (Lipinski definition) is 4. The summed E-state index contributed by atoms with van der Waals surface area (Å²) in [5, 5.41) is 3.64. The maximum Gasteiger partial charge on any atom is 0.323 e. The van der Waals surface area contributed by atoms with Crippen LogP contribution in [0.2, 0.25) is 0 Å². The third-order valence-corrected chi connectivity index (χ3v) is 5.90. The Hall–Kier alpha value is -1.37. The highest BCUT2D eigenvalue weighted by atomic mass is 35.5. The van der Waals surface area contributed by atoms with Crippen LogP contribution in [0.1, 0.15) is 12.8 Å². The lowest BCUT2D eigenvalue weighted by Crippen LogP contribution is -2.58. The van der Waals surface area contributed by atoms with Crippen molar-refractivity contribution < 1.29 is 4.79 Å². The number of halogens is 1. The molecule has 2 bridgehead atoms. The van der Waals surface area contributed by atoms with Gasteiger partial charge in [-0.1, -0.05) is 23.5 Å². The molecule has 23 heavy (non-hydrogen) atoms. The van der Waals surface area contributed by atoms with Gasteiger partial charge in [0.15, 0.2) is 5.13 Å². The van der Waals surface area contributed by atoms with E-state index in [1.165, 1.54) is 37.3 Å². The average molecular weight is 353 g/mol.